The van der Waals surface area contributed by atoms with Crippen molar-refractivity contribution in [1.82, 2.24) is 0 Å². The second kappa shape index (κ2) is 8.75. The van der Waals surface area contributed by atoms with E-state index in [1.165, 1.54) is 75.8 Å². The van der Waals surface area contributed by atoms with Crippen molar-refractivity contribution in [2.45, 2.75) is 5.41 Å². The fourth-order valence-electron chi connectivity index (χ4n) is 8.30. The molecule has 1 aromatic heterocycles. The van der Waals surface area contributed by atoms with Gasteiger partial charge in [-0.3, -0.25) is 0 Å². The van der Waals surface area contributed by atoms with E-state index in [0.29, 0.717) is 0 Å². The van der Waals surface area contributed by atoms with Crippen molar-refractivity contribution in [3.63, 3.8) is 0 Å². The molecule has 0 unspecified atom stereocenters. The van der Waals surface area contributed by atoms with Gasteiger partial charge in [-0.1, -0.05) is 109 Å². The fraction of sp³-hybridized carbons (Fsp3) is 0.0233. The number of fused-ring (bicyclic) bond motifs is 15. The van der Waals surface area contributed by atoms with Crippen LogP contribution in [0.4, 0.5) is 0 Å². The van der Waals surface area contributed by atoms with Crippen molar-refractivity contribution in [3.05, 3.63) is 168 Å². The summed E-state index contributed by atoms with van der Waals surface area (Å²) < 4.78 is 15.6. The molecule has 0 amide bonds. The van der Waals surface area contributed by atoms with Gasteiger partial charge in [0.15, 0.2) is 23.0 Å². The Hall–Kier alpha value is -5.64. The number of para-hydroxylation sites is 2. The first-order valence-electron chi connectivity index (χ1n) is 15.7. The van der Waals surface area contributed by atoms with Crippen molar-refractivity contribution in [2.24, 2.45) is 0 Å². The summed E-state index contributed by atoms with van der Waals surface area (Å²) in [5.41, 5.74) is 12.2. The average molecular weight is 605 g/mol. The van der Waals surface area contributed by atoms with Crippen LogP contribution in [-0.2, 0) is 5.41 Å². The predicted octanol–water partition coefficient (Wildman–Crippen LogP) is 12.0. The molecule has 7 aromatic carbocycles. The van der Waals surface area contributed by atoms with E-state index in [9.17, 15) is 0 Å². The zero-order valence-corrected chi connectivity index (χ0v) is 25.4. The molecule has 11 rings (SSSR count). The Kier molecular flexibility index (Phi) is 4.69. The minimum atomic E-state index is -0.489. The minimum Gasteiger partial charge on any atom is -0.450 e. The summed E-state index contributed by atoms with van der Waals surface area (Å²) in [5, 5.41) is 2.63. The van der Waals surface area contributed by atoms with Crippen LogP contribution >= 0.6 is 11.3 Å². The van der Waals surface area contributed by atoms with Crippen LogP contribution < -0.4 is 9.47 Å². The summed E-state index contributed by atoms with van der Waals surface area (Å²) in [6.07, 6.45) is 0. The first kappa shape index (κ1) is 24.7. The van der Waals surface area contributed by atoms with E-state index in [0.717, 1.165) is 23.0 Å². The van der Waals surface area contributed by atoms with Crippen LogP contribution in [0.2, 0.25) is 0 Å². The Morgan fingerprint density at radius 1 is 0.391 bits per heavy atom. The lowest BCUT2D eigenvalue weighted by molar-refractivity contribution is 0.359. The third-order valence-corrected chi connectivity index (χ3v) is 11.4. The molecule has 1 spiro atoms. The third kappa shape index (κ3) is 3.01. The number of rotatable bonds is 1. The Balaban J connectivity index is 1.22. The summed E-state index contributed by atoms with van der Waals surface area (Å²) in [4.78, 5) is 0. The lowest BCUT2D eigenvalue weighted by atomic mass is 9.70. The van der Waals surface area contributed by atoms with Crippen LogP contribution in [0.1, 0.15) is 22.3 Å². The highest BCUT2D eigenvalue weighted by atomic mass is 32.1. The van der Waals surface area contributed by atoms with Crippen LogP contribution in [0.5, 0.6) is 23.0 Å². The Morgan fingerprint density at radius 3 is 1.76 bits per heavy atom. The van der Waals surface area contributed by atoms with Crippen LogP contribution in [0.25, 0.3) is 53.6 Å². The van der Waals surface area contributed by atoms with Crippen LogP contribution in [0.15, 0.2) is 146 Å². The molecule has 8 aromatic rings. The first-order valence-corrected chi connectivity index (χ1v) is 16.5. The van der Waals surface area contributed by atoms with Gasteiger partial charge in [0.1, 0.15) is 0 Å². The highest BCUT2D eigenvalue weighted by molar-refractivity contribution is 7.26. The molecule has 0 N–H and O–H groups in total. The highest BCUT2D eigenvalue weighted by Gasteiger charge is 2.52. The number of thiophene rings is 1. The van der Waals surface area contributed by atoms with Gasteiger partial charge >= 0.3 is 0 Å². The summed E-state index contributed by atoms with van der Waals surface area (Å²) in [6.45, 7) is 0. The minimum absolute atomic E-state index is 0.489. The van der Waals surface area contributed by atoms with Crippen molar-refractivity contribution < 1.29 is 9.47 Å². The maximum absolute atomic E-state index is 6.53. The quantitative estimate of drug-likeness (QED) is 0.186. The Bertz CT molecular complexity index is 2560. The molecule has 0 atom stereocenters. The molecule has 2 heterocycles. The normalized spacial score (nSPS) is 14.2. The summed E-state index contributed by atoms with van der Waals surface area (Å²) in [5.74, 6) is 2.98. The van der Waals surface area contributed by atoms with E-state index in [1.807, 2.05) is 35.6 Å². The molecule has 214 valence electrons. The molecule has 2 aliphatic carbocycles. The van der Waals surface area contributed by atoms with E-state index >= 15 is 0 Å². The van der Waals surface area contributed by atoms with Crippen molar-refractivity contribution in [1.29, 1.82) is 0 Å². The van der Waals surface area contributed by atoms with Gasteiger partial charge in [-0.2, -0.15) is 0 Å². The molecule has 0 saturated carbocycles. The van der Waals surface area contributed by atoms with Crippen LogP contribution in [-0.4, -0.2) is 0 Å². The maximum Gasteiger partial charge on any atom is 0.170 e. The van der Waals surface area contributed by atoms with Crippen LogP contribution in [0, 0.1) is 0 Å². The first-order chi connectivity index (χ1) is 22.8. The van der Waals surface area contributed by atoms with Gasteiger partial charge in [0, 0.05) is 20.2 Å². The topological polar surface area (TPSA) is 18.5 Å². The van der Waals surface area contributed by atoms with Gasteiger partial charge in [0.05, 0.1) is 5.41 Å². The standard InChI is InChI=1S/C43H24O2S/c1-4-15-33-27(10-1)28-11-2-5-16-34(28)43(33)35-22-25(26-13-9-14-31-30-12-3-8-19-41(30)46-42(26)31)20-21-29(35)32-23-39-40(24-36(32)43)45-38-18-7-6-17-37(38)44-39/h1-24H. The van der Waals surface area contributed by atoms with E-state index in [1.54, 1.807) is 0 Å². The van der Waals surface area contributed by atoms with E-state index in [4.69, 9.17) is 9.47 Å². The van der Waals surface area contributed by atoms with Crippen molar-refractivity contribution in [3.8, 4) is 56.4 Å². The second-order valence-electron chi connectivity index (χ2n) is 12.4. The Labute approximate surface area is 269 Å². The molecular weight excluding hydrogens is 581 g/mol. The predicted molar refractivity (Wildman–Crippen MR) is 188 cm³/mol. The lowest BCUT2D eigenvalue weighted by Crippen LogP contribution is -2.26. The molecule has 0 fully saturated rings. The average Bonchev–Trinajstić information content (AvgIpc) is 3.73. The largest absolute Gasteiger partial charge is 0.450 e. The van der Waals surface area contributed by atoms with Crippen molar-refractivity contribution in [2.75, 3.05) is 0 Å². The van der Waals surface area contributed by atoms with E-state index < -0.39 is 5.41 Å². The zero-order chi connectivity index (χ0) is 30.0. The summed E-state index contributed by atoms with van der Waals surface area (Å²) in [6, 6.07) is 52.8. The number of hydrogen-bond acceptors (Lipinski definition) is 3. The highest BCUT2D eigenvalue weighted by Crippen LogP contribution is 2.65. The van der Waals surface area contributed by atoms with Gasteiger partial charge in [0.2, 0.25) is 0 Å². The number of ether oxygens (including phenoxy) is 2. The lowest BCUT2D eigenvalue weighted by Gasteiger charge is -2.31. The van der Waals surface area contributed by atoms with E-state index in [2.05, 4.69) is 121 Å². The monoisotopic (exact) mass is 604 g/mol. The van der Waals surface area contributed by atoms with Gasteiger partial charge in [-0.15, -0.1) is 11.3 Å². The molecule has 0 radical (unpaired) electrons. The summed E-state index contributed by atoms with van der Waals surface area (Å²) in [7, 11) is 0. The zero-order valence-electron chi connectivity index (χ0n) is 24.6. The maximum atomic E-state index is 6.53. The molecule has 46 heavy (non-hydrogen) atoms. The molecule has 1 aliphatic heterocycles. The number of hydrogen-bond donors (Lipinski definition) is 0. The fourth-order valence-corrected chi connectivity index (χ4v) is 9.54. The molecule has 0 saturated heterocycles. The molecular formula is C43H24O2S. The van der Waals surface area contributed by atoms with Gasteiger partial charge in [-0.25, -0.2) is 0 Å². The number of benzene rings is 7. The van der Waals surface area contributed by atoms with Gasteiger partial charge in [0.25, 0.3) is 0 Å². The SMILES string of the molecule is c1ccc2c(c1)Oc1cc3c(cc1O2)C1(c2ccccc2-c2ccccc21)c1cc(-c2cccc4c2sc2ccccc24)ccc1-3. The molecule has 2 nitrogen and oxygen atoms in total. The van der Waals surface area contributed by atoms with Crippen LogP contribution in [0.3, 0.4) is 0 Å². The van der Waals surface area contributed by atoms with E-state index in [-0.39, 0.29) is 0 Å². The third-order valence-electron chi connectivity index (χ3n) is 10.2. The van der Waals surface area contributed by atoms with Gasteiger partial charge < -0.3 is 9.47 Å². The molecule has 3 aliphatic rings. The molecule has 3 heteroatoms. The smallest absolute Gasteiger partial charge is 0.170 e. The Morgan fingerprint density at radius 2 is 0.978 bits per heavy atom. The second-order valence-corrected chi connectivity index (χ2v) is 13.4. The van der Waals surface area contributed by atoms with Crippen molar-refractivity contribution >= 4 is 31.5 Å². The summed E-state index contributed by atoms with van der Waals surface area (Å²) >= 11 is 1.88. The molecule has 0 bridgehead atoms. The van der Waals surface area contributed by atoms with Gasteiger partial charge in [-0.05, 0) is 92.0 Å².